The lowest BCUT2D eigenvalue weighted by Gasteiger charge is -2.36. The van der Waals surface area contributed by atoms with E-state index in [-0.39, 0.29) is 5.60 Å². The van der Waals surface area contributed by atoms with Crippen LogP contribution in [-0.4, -0.2) is 29.9 Å². The van der Waals surface area contributed by atoms with E-state index in [1.54, 1.807) is 7.11 Å². The highest BCUT2D eigenvalue weighted by Gasteiger charge is 2.34. The number of hydrogen-bond acceptors (Lipinski definition) is 4. The van der Waals surface area contributed by atoms with Gasteiger partial charge in [0.25, 0.3) is 0 Å². The lowest BCUT2D eigenvalue weighted by molar-refractivity contribution is -0.0948. The van der Waals surface area contributed by atoms with Crippen molar-refractivity contribution >= 4 is 0 Å². The Morgan fingerprint density at radius 3 is 2.57 bits per heavy atom. The number of nitrogens with zero attached hydrogens (tertiary/aromatic N) is 2. The van der Waals surface area contributed by atoms with Crippen LogP contribution in [0.25, 0.3) is 5.69 Å². The molecule has 1 aliphatic rings. The van der Waals surface area contributed by atoms with Crippen LogP contribution >= 0.6 is 0 Å². The average Bonchev–Trinajstić information content (AvgIpc) is 3.19. The van der Waals surface area contributed by atoms with Gasteiger partial charge in [-0.25, -0.2) is 4.98 Å². The van der Waals surface area contributed by atoms with Gasteiger partial charge >= 0.3 is 0 Å². The summed E-state index contributed by atoms with van der Waals surface area (Å²) in [7, 11) is 1.78. The Hall–Kier alpha value is -2.63. The van der Waals surface area contributed by atoms with Crippen molar-refractivity contribution < 1.29 is 14.2 Å². The molecule has 1 aliphatic heterocycles. The van der Waals surface area contributed by atoms with Gasteiger partial charge in [0.2, 0.25) is 0 Å². The van der Waals surface area contributed by atoms with E-state index in [1.165, 1.54) is 0 Å². The van der Waals surface area contributed by atoms with Crippen molar-refractivity contribution in [3.8, 4) is 11.4 Å². The van der Waals surface area contributed by atoms with Crippen LogP contribution in [0.1, 0.15) is 29.7 Å². The molecule has 0 saturated carbocycles. The third kappa shape index (κ3) is 3.96. The SMILES string of the molecule is COC1(c2cccc(OCc3ccc(-n4cnc(C)c4)cc3)c2)CCOCC1. The normalized spacial score (nSPS) is 16.1. The minimum atomic E-state index is -0.276. The van der Waals surface area contributed by atoms with E-state index >= 15 is 0 Å². The van der Waals surface area contributed by atoms with Crippen molar-refractivity contribution in [1.82, 2.24) is 9.55 Å². The Kier molecular flexibility index (Phi) is 5.46. The zero-order chi connectivity index (χ0) is 19.4. The molecule has 0 bridgehead atoms. The molecule has 0 aliphatic carbocycles. The molecule has 0 radical (unpaired) electrons. The van der Waals surface area contributed by atoms with Gasteiger partial charge in [0.1, 0.15) is 12.4 Å². The van der Waals surface area contributed by atoms with Gasteiger partial charge in [0.15, 0.2) is 0 Å². The highest BCUT2D eigenvalue weighted by molar-refractivity contribution is 5.36. The topological polar surface area (TPSA) is 45.5 Å². The molecule has 0 amide bonds. The Morgan fingerprint density at radius 2 is 1.89 bits per heavy atom. The highest BCUT2D eigenvalue weighted by Crippen LogP contribution is 2.36. The zero-order valence-corrected chi connectivity index (χ0v) is 16.4. The summed E-state index contributed by atoms with van der Waals surface area (Å²) in [6.45, 7) is 3.96. The van der Waals surface area contributed by atoms with Gasteiger partial charge in [-0.05, 0) is 42.3 Å². The van der Waals surface area contributed by atoms with E-state index < -0.39 is 0 Å². The first-order valence-electron chi connectivity index (χ1n) is 9.65. The summed E-state index contributed by atoms with van der Waals surface area (Å²) in [5.74, 6) is 0.856. The molecule has 0 atom stereocenters. The van der Waals surface area contributed by atoms with Crippen molar-refractivity contribution in [2.24, 2.45) is 0 Å². The second-order valence-corrected chi connectivity index (χ2v) is 7.22. The molecule has 1 fully saturated rings. The van der Waals surface area contributed by atoms with Crippen LogP contribution in [0, 0.1) is 6.92 Å². The maximum absolute atomic E-state index is 6.06. The Morgan fingerprint density at radius 1 is 1.11 bits per heavy atom. The lowest BCUT2D eigenvalue weighted by Crippen LogP contribution is -2.35. The fourth-order valence-electron chi connectivity index (χ4n) is 3.67. The number of aryl methyl sites for hydroxylation is 1. The van der Waals surface area contributed by atoms with Crippen molar-refractivity contribution in [2.75, 3.05) is 20.3 Å². The maximum Gasteiger partial charge on any atom is 0.120 e. The molecule has 1 aromatic heterocycles. The first kappa shape index (κ1) is 18.7. The zero-order valence-electron chi connectivity index (χ0n) is 16.4. The van der Waals surface area contributed by atoms with Gasteiger partial charge in [-0.15, -0.1) is 0 Å². The third-order valence-corrected chi connectivity index (χ3v) is 5.40. The van der Waals surface area contributed by atoms with Crippen LogP contribution in [0.2, 0.25) is 0 Å². The van der Waals surface area contributed by atoms with Crippen LogP contribution in [0.4, 0.5) is 0 Å². The van der Waals surface area contributed by atoms with Crippen molar-refractivity contribution in [3.05, 3.63) is 77.9 Å². The first-order chi connectivity index (χ1) is 13.7. The number of imidazole rings is 1. The van der Waals surface area contributed by atoms with E-state index in [0.717, 1.165) is 54.3 Å². The molecule has 0 unspecified atom stereocenters. The van der Waals surface area contributed by atoms with Gasteiger partial charge in [0.05, 0.1) is 17.6 Å². The number of ether oxygens (including phenoxy) is 3. The third-order valence-electron chi connectivity index (χ3n) is 5.40. The number of methoxy groups -OCH3 is 1. The number of aromatic nitrogens is 2. The van der Waals surface area contributed by atoms with Gasteiger partial charge < -0.3 is 18.8 Å². The molecule has 4 rings (SSSR count). The van der Waals surface area contributed by atoms with Crippen LogP contribution < -0.4 is 4.74 Å². The maximum atomic E-state index is 6.06. The molecule has 2 heterocycles. The molecule has 28 heavy (non-hydrogen) atoms. The van der Waals surface area contributed by atoms with E-state index in [4.69, 9.17) is 14.2 Å². The summed E-state index contributed by atoms with van der Waals surface area (Å²) >= 11 is 0. The highest BCUT2D eigenvalue weighted by atomic mass is 16.5. The molecular weight excluding hydrogens is 352 g/mol. The molecule has 146 valence electrons. The number of hydrogen-bond donors (Lipinski definition) is 0. The second kappa shape index (κ2) is 8.17. The fourth-order valence-corrected chi connectivity index (χ4v) is 3.67. The monoisotopic (exact) mass is 378 g/mol. The number of benzene rings is 2. The van der Waals surface area contributed by atoms with Crippen LogP contribution in [0.3, 0.4) is 0 Å². The van der Waals surface area contributed by atoms with E-state index in [0.29, 0.717) is 6.61 Å². The largest absolute Gasteiger partial charge is 0.489 e. The quantitative estimate of drug-likeness (QED) is 0.637. The predicted molar refractivity (Wildman–Crippen MR) is 108 cm³/mol. The fraction of sp³-hybridized carbons (Fsp3) is 0.348. The summed E-state index contributed by atoms with van der Waals surface area (Å²) in [6.07, 6.45) is 5.57. The first-order valence-corrected chi connectivity index (χ1v) is 9.65. The minimum Gasteiger partial charge on any atom is -0.489 e. The lowest BCUT2D eigenvalue weighted by atomic mass is 9.86. The Bertz CT molecular complexity index is 912. The summed E-state index contributed by atoms with van der Waals surface area (Å²) < 4.78 is 19.5. The molecule has 3 aromatic rings. The smallest absolute Gasteiger partial charge is 0.120 e. The van der Waals surface area contributed by atoms with Crippen LogP contribution in [0.5, 0.6) is 5.75 Å². The minimum absolute atomic E-state index is 0.276. The van der Waals surface area contributed by atoms with Crippen LogP contribution in [0.15, 0.2) is 61.1 Å². The molecular formula is C23H26N2O3. The van der Waals surface area contributed by atoms with Crippen molar-refractivity contribution in [3.63, 3.8) is 0 Å². The molecule has 5 heteroatoms. The van der Waals surface area contributed by atoms with Crippen LogP contribution in [-0.2, 0) is 21.7 Å². The van der Waals surface area contributed by atoms with E-state index in [9.17, 15) is 0 Å². The van der Waals surface area contributed by atoms with Crippen molar-refractivity contribution in [1.29, 1.82) is 0 Å². The molecule has 0 spiro atoms. The summed E-state index contributed by atoms with van der Waals surface area (Å²) in [6, 6.07) is 16.6. The standard InChI is InChI=1S/C23H26N2O3/c1-18-15-25(17-24-18)21-8-6-19(7-9-21)16-28-22-5-3-4-20(14-22)23(26-2)10-12-27-13-11-23/h3-9,14-15,17H,10-13,16H2,1-2H3. The predicted octanol–water partition coefficient (Wildman–Crippen LogP) is 4.41. The summed E-state index contributed by atoms with van der Waals surface area (Å²) in [5.41, 5.74) is 4.10. The van der Waals surface area contributed by atoms with Gasteiger partial charge in [-0.1, -0.05) is 24.3 Å². The molecule has 2 aromatic carbocycles. The van der Waals surface area contributed by atoms with Gasteiger partial charge in [0, 0.05) is 45.0 Å². The second-order valence-electron chi connectivity index (χ2n) is 7.22. The number of rotatable bonds is 6. The molecule has 0 N–H and O–H groups in total. The van der Waals surface area contributed by atoms with E-state index in [2.05, 4.69) is 41.4 Å². The van der Waals surface area contributed by atoms with Gasteiger partial charge in [-0.3, -0.25) is 0 Å². The molecule has 1 saturated heterocycles. The summed E-state index contributed by atoms with van der Waals surface area (Å²) in [4.78, 5) is 4.27. The Labute approximate surface area is 165 Å². The van der Waals surface area contributed by atoms with Gasteiger partial charge in [-0.2, -0.15) is 0 Å². The van der Waals surface area contributed by atoms with Crippen molar-refractivity contribution in [2.45, 2.75) is 32.0 Å². The molecule has 5 nitrogen and oxygen atoms in total. The average molecular weight is 378 g/mol. The Balaban J connectivity index is 1.44. The summed E-state index contributed by atoms with van der Waals surface area (Å²) in [5, 5.41) is 0. The van der Waals surface area contributed by atoms with E-state index in [1.807, 2.05) is 36.1 Å².